The van der Waals surface area contributed by atoms with Crippen molar-refractivity contribution in [3.8, 4) is 11.5 Å². The number of amides is 1. The number of hydrogen-bond donors (Lipinski definition) is 3. The average molecular weight is 383 g/mol. The van der Waals surface area contributed by atoms with Crippen LogP contribution < -0.4 is 25.6 Å². The lowest BCUT2D eigenvalue weighted by Crippen LogP contribution is -2.34. The van der Waals surface area contributed by atoms with Crippen LogP contribution in [0, 0.1) is 5.92 Å². The summed E-state index contributed by atoms with van der Waals surface area (Å²) in [5, 5.41) is 3.04. The first-order valence-corrected chi connectivity index (χ1v) is 9.83. The number of carbonyl (C=O) groups is 1. The highest BCUT2D eigenvalue weighted by atomic mass is 16.5. The number of unbranched alkanes of at least 4 members (excludes halogenated alkanes) is 1. The van der Waals surface area contributed by atoms with Crippen molar-refractivity contribution in [2.24, 2.45) is 5.92 Å². The molecule has 1 amide bonds. The molecule has 2 unspecified atom stereocenters. The van der Waals surface area contributed by atoms with E-state index in [-0.39, 0.29) is 17.9 Å². The Hall–Kier alpha value is -2.57. The van der Waals surface area contributed by atoms with E-state index in [2.05, 4.69) is 23.1 Å². The topological polar surface area (TPSA) is 71.6 Å². The molecule has 0 aliphatic carbocycles. The third-order valence-corrected chi connectivity index (χ3v) is 4.93. The molecular formula is C22H29N3O3. The van der Waals surface area contributed by atoms with Crippen molar-refractivity contribution < 1.29 is 14.3 Å². The third-order valence-electron chi connectivity index (χ3n) is 4.93. The lowest BCUT2D eigenvalue weighted by atomic mass is 9.94. The zero-order valence-corrected chi connectivity index (χ0v) is 16.5. The number of methoxy groups -OCH3 is 1. The van der Waals surface area contributed by atoms with E-state index in [0.717, 1.165) is 42.1 Å². The first kappa shape index (κ1) is 20.2. The van der Waals surface area contributed by atoms with E-state index in [1.54, 1.807) is 7.11 Å². The fraction of sp³-hybridized carbons (Fsp3) is 0.409. The molecule has 6 nitrogen and oxygen atoms in total. The maximum atomic E-state index is 12.8. The number of hydrazine groups is 1. The molecular weight excluding hydrogens is 354 g/mol. The maximum absolute atomic E-state index is 12.8. The van der Waals surface area contributed by atoms with Crippen LogP contribution in [0.5, 0.6) is 11.5 Å². The minimum atomic E-state index is -0.183. The summed E-state index contributed by atoms with van der Waals surface area (Å²) in [4.78, 5) is 12.8. The molecule has 1 fully saturated rings. The molecule has 1 aliphatic rings. The van der Waals surface area contributed by atoms with Crippen molar-refractivity contribution in [1.29, 1.82) is 0 Å². The van der Waals surface area contributed by atoms with Crippen LogP contribution in [0.4, 0.5) is 0 Å². The van der Waals surface area contributed by atoms with E-state index in [9.17, 15) is 4.79 Å². The van der Waals surface area contributed by atoms with Gasteiger partial charge in [-0.2, -0.15) is 0 Å². The molecule has 0 saturated carbocycles. The van der Waals surface area contributed by atoms with Gasteiger partial charge in [-0.05, 0) is 41.8 Å². The second-order valence-corrected chi connectivity index (χ2v) is 6.95. The molecule has 0 aromatic heterocycles. The Labute approximate surface area is 166 Å². The van der Waals surface area contributed by atoms with Crippen molar-refractivity contribution in [3.05, 3.63) is 59.7 Å². The van der Waals surface area contributed by atoms with Gasteiger partial charge in [-0.25, -0.2) is 5.43 Å². The van der Waals surface area contributed by atoms with Crippen LogP contribution in [-0.2, 0) is 11.3 Å². The molecule has 0 radical (unpaired) electrons. The molecule has 2 aromatic carbocycles. The van der Waals surface area contributed by atoms with Gasteiger partial charge >= 0.3 is 0 Å². The predicted octanol–water partition coefficient (Wildman–Crippen LogP) is 2.96. The molecule has 2 aromatic rings. The van der Waals surface area contributed by atoms with Crippen LogP contribution in [0.2, 0.25) is 0 Å². The highest BCUT2D eigenvalue weighted by Crippen LogP contribution is 2.27. The van der Waals surface area contributed by atoms with Gasteiger partial charge in [-0.1, -0.05) is 37.6 Å². The van der Waals surface area contributed by atoms with Crippen LogP contribution in [0.25, 0.3) is 0 Å². The van der Waals surface area contributed by atoms with Gasteiger partial charge in [0.25, 0.3) is 0 Å². The third kappa shape index (κ3) is 5.24. The fourth-order valence-corrected chi connectivity index (χ4v) is 3.27. The quantitative estimate of drug-likeness (QED) is 0.581. The minimum Gasteiger partial charge on any atom is -0.497 e. The summed E-state index contributed by atoms with van der Waals surface area (Å²) in [6.07, 6.45) is 2.16. The van der Waals surface area contributed by atoms with Gasteiger partial charge in [0.15, 0.2) is 0 Å². The smallest absolute Gasteiger partial charge is 0.226 e. The van der Waals surface area contributed by atoms with E-state index < -0.39 is 0 Å². The standard InChI is InChI=1S/C22H29N3O3/c1-3-4-12-28-18-10-8-17(9-11-18)21-20(15-24-25-21)22(26)23-14-16-6-5-7-19(13-16)27-2/h5-11,13,20-21,24-25H,3-4,12,14-15H2,1-2H3,(H,23,26). The second kappa shape index (κ2) is 10.1. The van der Waals surface area contributed by atoms with Crippen LogP contribution in [0.15, 0.2) is 48.5 Å². The average Bonchev–Trinajstić information content (AvgIpc) is 3.23. The molecule has 150 valence electrons. The van der Waals surface area contributed by atoms with E-state index in [1.165, 1.54) is 0 Å². The van der Waals surface area contributed by atoms with Gasteiger partial charge in [0, 0.05) is 13.1 Å². The largest absolute Gasteiger partial charge is 0.497 e. The van der Waals surface area contributed by atoms with E-state index >= 15 is 0 Å². The van der Waals surface area contributed by atoms with Crippen LogP contribution in [0.1, 0.15) is 36.9 Å². The summed E-state index contributed by atoms with van der Waals surface area (Å²) in [5.74, 6) is 1.49. The molecule has 1 saturated heterocycles. The summed E-state index contributed by atoms with van der Waals surface area (Å²) in [7, 11) is 1.64. The Bertz CT molecular complexity index is 764. The van der Waals surface area contributed by atoms with E-state index in [1.807, 2.05) is 48.5 Å². The van der Waals surface area contributed by atoms with Gasteiger partial charge < -0.3 is 14.8 Å². The van der Waals surface area contributed by atoms with Gasteiger partial charge in [-0.15, -0.1) is 0 Å². The van der Waals surface area contributed by atoms with Crippen LogP contribution in [-0.4, -0.2) is 26.2 Å². The maximum Gasteiger partial charge on any atom is 0.226 e. The number of hydrogen-bond acceptors (Lipinski definition) is 5. The van der Waals surface area contributed by atoms with Crippen molar-refractivity contribution in [2.75, 3.05) is 20.3 Å². The SMILES string of the molecule is CCCCOc1ccc(C2NNCC2C(=O)NCc2cccc(OC)c2)cc1. The molecule has 0 spiro atoms. The molecule has 2 atom stereocenters. The lowest BCUT2D eigenvalue weighted by molar-refractivity contribution is -0.125. The molecule has 3 rings (SSSR count). The normalized spacial score (nSPS) is 18.6. The van der Waals surface area contributed by atoms with Crippen molar-refractivity contribution >= 4 is 5.91 Å². The van der Waals surface area contributed by atoms with Gasteiger partial charge in [0.1, 0.15) is 11.5 Å². The second-order valence-electron chi connectivity index (χ2n) is 6.95. The number of benzene rings is 2. The molecule has 0 bridgehead atoms. The first-order valence-electron chi connectivity index (χ1n) is 9.83. The summed E-state index contributed by atoms with van der Waals surface area (Å²) in [6, 6.07) is 15.6. The van der Waals surface area contributed by atoms with Crippen molar-refractivity contribution in [3.63, 3.8) is 0 Å². The minimum absolute atomic E-state index is 0.0218. The Morgan fingerprint density at radius 2 is 2.00 bits per heavy atom. The summed E-state index contributed by atoms with van der Waals surface area (Å²) in [5.41, 5.74) is 8.41. The molecule has 1 aliphatic heterocycles. The first-order chi connectivity index (χ1) is 13.7. The molecule has 3 N–H and O–H groups in total. The van der Waals surface area contributed by atoms with Crippen molar-refractivity contribution in [2.45, 2.75) is 32.4 Å². The highest BCUT2D eigenvalue weighted by molar-refractivity contribution is 5.80. The highest BCUT2D eigenvalue weighted by Gasteiger charge is 2.33. The zero-order valence-electron chi connectivity index (χ0n) is 16.5. The Morgan fingerprint density at radius 3 is 2.75 bits per heavy atom. The summed E-state index contributed by atoms with van der Waals surface area (Å²) < 4.78 is 11.0. The predicted molar refractivity (Wildman–Crippen MR) is 109 cm³/mol. The summed E-state index contributed by atoms with van der Waals surface area (Å²) >= 11 is 0. The number of ether oxygens (including phenoxy) is 2. The van der Waals surface area contributed by atoms with Crippen LogP contribution in [0.3, 0.4) is 0 Å². The molecule has 28 heavy (non-hydrogen) atoms. The molecule has 6 heteroatoms. The lowest BCUT2D eigenvalue weighted by Gasteiger charge is -2.19. The van der Waals surface area contributed by atoms with Gasteiger partial charge in [-0.3, -0.25) is 10.2 Å². The summed E-state index contributed by atoms with van der Waals surface area (Å²) in [6.45, 7) is 3.94. The van der Waals surface area contributed by atoms with Gasteiger partial charge in [0.05, 0.1) is 25.7 Å². The fourth-order valence-electron chi connectivity index (χ4n) is 3.27. The Balaban J connectivity index is 1.58. The van der Waals surface area contributed by atoms with E-state index in [4.69, 9.17) is 9.47 Å². The van der Waals surface area contributed by atoms with E-state index in [0.29, 0.717) is 13.1 Å². The van der Waals surface area contributed by atoms with Gasteiger partial charge in [0.2, 0.25) is 5.91 Å². The Morgan fingerprint density at radius 1 is 1.18 bits per heavy atom. The number of nitrogens with one attached hydrogen (secondary N) is 3. The zero-order chi connectivity index (χ0) is 19.8. The number of carbonyl (C=O) groups excluding carboxylic acids is 1. The Kier molecular flexibility index (Phi) is 7.28. The monoisotopic (exact) mass is 383 g/mol. The van der Waals surface area contributed by atoms with Crippen LogP contribution >= 0.6 is 0 Å². The molecule has 1 heterocycles. The number of rotatable bonds is 9. The van der Waals surface area contributed by atoms with Crippen molar-refractivity contribution in [1.82, 2.24) is 16.2 Å².